The van der Waals surface area contributed by atoms with Crippen LogP contribution in [0, 0.1) is 5.82 Å². The summed E-state index contributed by atoms with van der Waals surface area (Å²) in [5, 5.41) is 12.4. The Balaban J connectivity index is 2.39. The van der Waals surface area contributed by atoms with E-state index in [0.29, 0.717) is 13.1 Å². The molecule has 0 spiro atoms. The third-order valence-corrected chi connectivity index (χ3v) is 1.65. The fourth-order valence-corrected chi connectivity index (χ4v) is 1.07. The van der Waals surface area contributed by atoms with Crippen LogP contribution >= 0.6 is 0 Å². The molecule has 0 saturated carbocycles. The van der Waals surface area contributed by atoms with Crippen molar-refractivity contribution in [2.75, 3.05) is 6.54 Å². The molecule has 0 saturated heterocycles. The van der Waals surface area contributed by atoms with Crippen molar-refractivity contribution in [1.82, 2.24) is 10.3 Å². The zero-order chi connectivity index (χ0) is 10.6. The molecule has 0 aliphatic carbocycles. The van der Waals surface area contributed by atoms with Crippen molar-refractivity contribution < 1.29 is 9.50 Å². The van der Waals surface area contributed by atoms with E-state index in [4.69, 9.17) is 0 Å². The minimum absolute atomic E-state index is 0.340. The standard InChI is InChI=1S/C10H15FN2O/c1-10(2,14)7-13-5-8-3-9(11)6-12-4-8/h3-4,6,13-14H,5,7H2,1-2H3. The summed E-state index contributed by atoms with van der Waals surface area (Å²) < 4.78 is 12.7. The third-order valence-electron chi connectivity index (χ3n) is 1.65. The molecule has 0 aliphatic heterocycles. The molecule has 2 N–H and O–H groups in total. The summed E-state index contributed by atoms with van der Waals surface area (Å²) in [4.78, 5) is 3.72. The Labute approximate surface area is 83.0 Å². The highest BCUT2D eigenvalue weighted by atomic mass is 19.1. The summed E-state index contributed by atoms with van der Waals surface area (Å²) in [6.45, 7) is 4.39. The molecular weight excluding hydrogens is 183 g/mol. The lowest BCUT2D eigenvalue weighted by Gasteiger charge is -2.17. The van der Waals surface area contributed by atoms with Gasteiger partial charge in [0.15, 0.2) is 0 Å². The van der Waals surface area contributed by atoms with E-state index in [1.807, 2.05) is 0 Å². The van der Waals surface area contributed by atoms with Gasteiger partial charge in [0.1, 0.15) is 5.82 Å². The van der Waals surface area contributed by atoms with Crippen LogP contribution in [0.25, 0.3) is 0 Å². The molecule has 3 nitrogen and oxygen atoms in total. The van der Waals surface area contributed by atoms with E-state index in [2.05, 4.69) is 10.3 Å². The summed E-state index contributed by atoms with van der Waals surface area (Å²) in [6.07, 6.45) is 2.76. The zero-order valence-corrected chi connectivity index (χ0v) is 8.42. The number of aliphatic hydroxyl groups is 1. The maximum absolute atomic E-state index is 12.7. The summed E-state index contributed by atoms with van der Waals surface area (Å²) in [7, 11) is 0. The molecule has 78 valence electrons. The first-order chi connectivity index (χ1) is 6.47. The van der Waals surface area contributed by atoms with Crippen LogP contribution in [0.5, 0.6) is 0 Å². The fraction of sp³-hybridized carbons (Fsp3) is 0.500. The average molecular weight is 198 g/mol. The molecule has 0 aromatic carbocycles. The molecule has 0 bridgehead atoms. The first-order valence-electron chi connectivity index (χ1n) is 4.50. The molecule has 1 heterocycles. The summed E-state index contributed by atoms with van der Waals surface area (Å²) in [5.74, 6) is -0.340. The lowest BCUT2D eigenvalue weighted by atomic mass is 10.1. The number of nitrogens with zero attached hydrogens (tertiary/aromatic N) is 1. The summed E-state index contributed by atoms with van der Waals surface area (Å²) in [5.41, 5.74) is 0.0232. The number of nitrogens with one attached hydrogen (secondary N) is 1. The minimum atomic E-state index is -0.749. The maximum atomic E-state index is 12.7. The monoisotopic (exact) mass is 198 g/mol. The van der Waals surface area contributed by atoms with E-state index >= 15 is 0 Å². The normalized spacial score (nSPS) is 11.7. The van der Waals surface area contributed by atoms with Gasteiger partial charge in [-0.1, -0.05) is 0 Å². The van der Waals surface area contributed by atoms with Crippen molar-refractivity contribution in [3.05, 3.63) is 29.8 Å². The fourth-order valence-electron chi connectivity index (χ4n) is 1.07. The molecule has 0 amide bonds. The molecule has 0 aliphatic rings. The average Bonchev–Trinajstić information content (AvgIpc) is 2.01. The molecule has 1 aromatic heterocycles. The largest absolute Gasteiger partial charge is 0.389 e. The number of aromatic nitrogens is 1. The van der Waals surface area contributed by atoms with Crippen LogP contribution in [0.3, 0.4) is 0 Å². The molecular formula is C10H15FN2O. The first-order valence-corrected chi connectivity index (χ1v) is 4.50. The van der Waals surface area contributed by atoms with Crippen molar-refractivity contribution in [2.24, 2.45) is 0 Å². The van der Waals surface area contributed by atoms with Crippen molar-refractivity contribution >= 4 is 0 Å². The lowest BCUT2D eigenvalue weighted by Crippen LogP contribution is -2.34. The highest BCUT2D eigenvalue weighted by Gasteiger charge is 2.10. The van der Waals surface area contributed by atoms with Crippen molar-refractivity contribution in [3.63, 3.8) is 0 Å². The number of hydrogen-bond acceptors (Lipinski definition) is 3. The van der Waals surface area contributed by atoms with E-state index in [1.54, 1.807) is 20.0 Å². The van der Waals surface area contributed by atoms with Gasteiger partial charge in [0.25, 0.3) is 0 Å². The van der Waals surface area contributed by atoms with Gasteiger partial charge in [-0.25, -0.2) is 4.39 Å². The maximum Gasteiger partial charge on any atom is 0.141 e. The van der Waals surface area contributed by atoms with Gasteiger partial charge in [0, 0.05) is 19.3 Å². The Morgan fingerprint density at radius 1 is 1.50 bits per heavy atom. The summed E-state index contributed by atoms with van der Waals surface area (Å²) >= 11 is 0. The van der Waals surface area contributed by atoms with E-state index in [0.717, 1.165) is 5.56 Å². The predicted molar refractivity (Wildman–Crippen MR) is 52.2 cm³/mol. The van der Waals surface area contributed by atoms with Crippen LogP contribution in [0.1, 0.15) is 19.4 Å². The Morgan fingerprint density at radius 3 is 2.79 bits per heavy atom. The van der Waals surface area contributed by atoms with Crippen LogP contribution in [-0.4, -0.2) is 22.2 Å². The smallest absolute Gasteiger partial charge is 0.141 e. The molecule has 0 radical (unpaired) electrons. The molecule has 1 rings (SSSR count). The Hall–Kier alpha value is -1.00. The van der Waals surface area contributed by atoms with Crippen LogP contribution in [0.2, 0.25) is 0 Å². The van der Waals surface area contributed by atoms with Crippen LogP contribution in [0.4, 0.5) is 4.39 Å². The SMILES string of the molecule is CC(C)(O)CNCc1cncc(F)c1. The highest BCUT2D eigenvalue weighted by molar-refractivity contribution is 5.09. The third kappa shape index (κ3) is 4.30. The van der Waals surface area contributed by atoms with Crippen LogP contribution in [-0.2, 0) is 6.54 Å². The van der Waals surface area contributed by atoms with Crippen molar-refractivity contribution in [1.29, 1.82) is 0 Å². The predicted octanol–water partition coefficient (Wildman–Crippen LogP) is 1.08. The van der Waals surface area contributed by atoms with E-state index in [1.165, 1.54) is 12.3 Å². The van der Waals surface area contributed by atoms with Crippen molar-refractivity contribution in [3.8, 4) is 0 Å². The zero-order valence-electron chi connectivity index (χ0n) is 8.42. The van der Waals surface area contributed by atoms with E-state index in [9.17, 15) is 9.50 Å². The Kier molecular flexibility index (Phi) is 3.55. The minimum Gasteiger partial charge on any atom is -0.389 e. The molecule has 0 fully saturated rings. The quantitative estimate of drug-likeness (QED) is 0.761. The van der Waals surface area contributed by atoms with Crippen LogP contribution in [0.15, 0.2) is 18.5 Å². The second kappa shape index (κ2) is 4.48. The van der Waals surface area contributed by atoms with Gasteiger partial charge in [-0.3, -0.25) is 4.98 Å². The topological polar surface area (TPSA) is 45.1 Å². The molecule has 0 unspecified atom stereocenters. The Bertz CT molecular complexity index is 296. The first kappa shape index (κ1) is 11.1. The van der Waals surface area contributed by atoms with E-state index < -0.39 is 5.60 Å². The van der Waals surface area contributed by atoms with E-state index in [-0.39, 0.29) is 5.82 Å². The Morgan fingerprint density at radius 2 is 2.21 bits per heavy atom. The molecule has 0 atom stereocenters. The van der Waals surface area contributed by atoms with Gasteiger partial charge in [0.05, 0.1) is 11.8 Å². The highest BCUT2D eigenvalue weighted by Crippen LogP contribution is 2.02. The lowest BCUT2D eigenvalue weighted by molar-refractivity contribution is 0.0795. The molecule has 1 aromatic rings. The number of hydrogen-bond donors (Lipinski definition) is 2. The van der Waals surface area contributed by atoms with Gasteiger partial charge in [-0.2, -0.15) is 0 Å². The van der Waals surface area contributed by atoms with Gasteiger partial charge in [0.2, 0.25) is 0 Å². The number of pyridine rings is 1. The van der Waals surface area contributed by atoms with Crippen molar-refractivity contribution in [2.45, 2.75) is 26.0 Å². The summed E-state index contributed by atoms with van der Waals surface area (Å²) in [6, 6.07) is 1.42. The van der Waals surface area contributed by atoms with Crippen LogP contribution < -0.4 is 5.32 Å². The van der Waals surface area contributed by atoms with Gasteiger partial charge in [-0.05, 0) is 25.5 Å². The van der Waals surface area contributed by atoms with Gasteiger partial charge >= 0.3 is 0 Å². The van der Waals surface area contributed by atoms with Gasteiger partial charge in [-0.15, -0.1) is 0 Å². The molecule has 14 heavy (non-hydrogen) atoms. The number of halogens is 1. The second-order valence-electron chi connectivity index (χ2n) is 3.93. The van der Waals surface area contributed by atoms with Gasteiger partial charge < -0.3 is 10.4 Å². The molecule has 4 heteroatoms. The second-order valence-corrected chi connectivity index (χ2v) is 3.93. The number of rotatable bonds is 4.